The average Bonchev–Trinajstić information content (AvgIpc) is 3.19. The number of nitrogens with zero attached hydrogens (tertiary/aromatic N) is 2. The van der Waals surface area contributed by atoms with Crippen molar-refractivity contribution < 1.29 is 9.47 Å². The van der Waals surface area contributed by atoms with Crippen LogP contribution in [0.25, 0.3) is 0 Å². The van der Waals surface area contributed by atoms with Crippen LogP contribution >= 0.6 is 35.3 Å². The molecule has 3 rings (SSSR count). The molecule has 2 heterocycles. The monoisotopic (exact) mass is 501 g/mol. The average molecular weight is 501 g/mol. The van der Waals surface area contributed by atoms with Gasteiger partial charge in [-0.1, -0.05) is 6.07 Å². The van der Waals surface area contributed by atoms with E-state index in [0.29, 0.717) is 0 Å². The highest BCUT2D eigenvalue weighted by Crippen LogP contribution is 2.33. The number of rotatable bonds is 6. The van der Waals surface area contributed by atoms with E-state index in [0.717, 1.165) is 56.5 Å². The number of ether oxygens (including phenoxy) is 2. The molecule has 0 radical (unpaired) electrons. The second-order valence-electron chi connectivity index (χ2n) is 6.21. The Bertz CT molecular complexity index is 750. The van der Waals surface area contributed by atoms with E-state index in [2.05, 4.69) is 46.8 Å². The van der Waals surface area contributed by atoms with Gasteiger partial charge in [-0.2, -0.15) is 0 Å². The molecule has 0 aliphatic carbocycles. The van der Waals surface area contributed by atoms with Crippen LogP contribution in [0.1, 0.15) is 22.9 Å². The molecule has 1 aromatic heterocycles. The van der Waals surface area contributed by atoms with Crippen LogP contribution in [-0.2, 0) is 19.4 Å². The maximum atomic E-state index is 5.46. The Labute approximate surface area is 182 Å². The number of benzene rings is 1. The zero-order valence-electron chi connectivity index (χ0n) is 16.2. The first-order chi connectivity index (χ1) is 12.7. The molecule has 1 N–H and O–H groups in total. The van der Waals surface area contributed by atoms with Crippen molar-refractivity contribution in [1.82, 2.24) is 10.2 Å². The third-order valence-corrected chi connectivity index (χ3v) is 5.49. The molecule has 1 aliphatic heterocycles. The van der Waals surface area contributed by atoms with E-state index in [1.807, 2.05) is 0 Å². The van der Waals surface area contributed by atoms with E-state index >= 15 is 0 Å². The summed E-state index contributed by atoms with van der Waals surface area (Å²) in [5.41, 5.74) is 2.60. The highest BCUT2D eigenvalue weighted by Gasteiger charge is 2.21. The molecule has 0 unspecified atom stereocenters. The molecule has 148 valence electrons. The van der Waals surface area contributed by atoms with Gasteiger partial charge in [0.2, 0.25) is 0 Å². The first-order valence-corrected chi connectivity index (χ1v) is 9.92. The van der Waals surface area contributed by atoms with E-state index in [9.17, 15) is 0 Å². The van der Waals surface area contributed by atoms with Crippen LogP contribution in [0, 0.1) is 0 Å². The summed E-state index contributed by atoms with van der Waals surface area (Å²) in [7, 11) is 3.36. The van der Waals surface area contributed by atoms with E-state index in [4.69, 9.17) is 14.5 Å². The summed E-state index contributed by atoms with van der Waals surface area (Å²) < 4.78 is 10.9. The van der Waals surface area contributed by atoms with Gasteiger partial charge in [0.15, 0.2) is 17.5 Å². The fourth-order valence-corrected chi connectivity index (χ4v) is 3.91. The van der Waals surface area contributed by atoms with Crippen LogP contribution in [0.15, 0.2) is 34.6 Å². The summed E-state index contributed by atoms with van der Waals surface area (Å²) in [5.74, 6) is 2.58. The summed E-state index contributed by atoms with van der Waals surface area (Å²) >= 11 is 1.79. The van der Waals surface area contributed by atoms with Gasteiger partial charge in [0.05, 0.1) is 14.2 Å². The Hall–Kier alpha value is -1.48. The van der Waals surface area contributed by atoms with Gasteiger partial charge in [0.1, 0.15) is 0 Å². The number of thiophene rings is 1. The van der Waals surface area contributed by atoms with Gasteiger partial charge in [-0.05, 0) is 48.1 Å². The predicted octanol–water partition coefficient (Wildman–Crippen LogP) is 3.95. The van der Waals surface area contributed by atoms with E-state index in [-0.39, 0.29) is 24.0 Å². The lowest BCUT2D eigenvalue weighted by atomic mass is 9.99. The number of aliphatic imine (C=N–C) groups is 1. The Morgan fingerprint density at radius 3 is 2.59 bits per heavy atom. The lowest BCUT2D eigenvalue weighted by Gasteiger charge is -2.32. The van der Waals surface area contributed by atoms with Crippen molar-refractivity contribution in [3.63, 3.8) is 0 Å². The third kappa shape index (κ3) is 5.51. The Balaban J connectivity index is 0.00000261. The van der Waals surface area contributed by atoms with Crippen LogP contribution < -0.4 is 14.8 Å². The largest absolute Gasteiger partial charge is 0.493 e. The lowest BCUT2D eigenvalue weighted by Crippen LogP contribution is -2.44. The van der Waals surface area contributed by atoms with E-state index in [1.165, 1.54) is 16.0 Å². The highest BCUT2D eigenvalue weighted by molar-refractivity contribution is 14.0. The molecular weight excluding hydrogens is 473 g/mol. The predicted molar refractivity (Wildman–Crippen MR) is 123 cm³/mol. The summed E-state index contributed by atoms with van der Waals surface area (Å²) in [6.07, 6.45) is 1.97. The van der Waals surface area contributed by atoms with E-state index in [1.54, 1.807) is 25.6 Å². The van der Waals surface area contributed by atoms with Gasteiger partial charge < -0.3 is 19.7 Å². The number of hydrogen-bond acceptors (Lipinski definition) is 4. The molecule has 1 aliphatic rings. The summed E-state index contributed by atoms with van der Waals surface area (Å²) in [4.78, 5) is 8.55. The fourth-order valence-electron chi connectivity index (χ4n) is 3.22. The van der Waals surface area contributed by atoms with Crippen molar-refractivity contribution in [2.75, 3.05) is 33.9 Å². The molecule has 0 saturated heterocycles. The van der Waals surface area contributed by atoms with Crippen molar-refractivity contribution in [1.29, 1.82) is 0 Å². The number of nitrogens with one attached hydrogen (secondary N) is 1. The minimum atomic E-state index is 0. The number of methoxy groups -OCH3 is 2. The molecule has 5 nitrogen and oxygen atoms in total. The van der Waals surface area contributed by atoms with Gasteiger partial charge in [-0.3, -0.25) is 4.99 Å². The van der Waals surface area contributed by atoms with Crippen LogP contribution in [0.3, 0.4) is 0 Å². The normalized spacial score (nSPS) is 13.6. The third-order valence-electron chi connectivity index (χ3n) is 4.55. The second-order valence-corrected chi connectivity index (χ2v) is 7.24. The Morgan fingerprint density at radius 2 is 1.96 bits per heavy atom. The minimum absolute atomic E-state index is 0. The molecule has 0 saturated carbocycles. The van der Waals surface area contributed by atoms with Crippen LogP contribution in [-0.4, -0.2) is 44.7 Å². The van der Waals surface area contributed by atoms with Crippen LogP contribution in [0.2, 0.25) is 0 Å². The van der Waals surface area contributed by atoms with Gasteiger partial charge in [0, 0.05) is 37.5 Å². The smallest absolute Gasteiger partial charge is 0.194 e. The SMILES string of the molecule is CCNC(=NCCc1cccs1)N1CCc2cc(OC)c(OC)cc2C1.I. The zero-order chi connectivity index (χ0) is 18.4. The Kier molecular flexibility index (Phi) is 8.69. The molecular formula is C20H28IN3O2S. The molecule has 2 aromatic rings. The summed E-state index contributed by atoms with van der Waals surface area (Å²) in [6.45, 7) is 5.57. The molecule has 27 heavy (non-hydrogen) atoms. The maximum Gasteiger partial charge on any atom is 0.194 e. The van der Waals surface area contributed by atoms with Crippen LogP contribution in [0.5, 0.6) is 11.5 Å². The standard InChI is InChI=1S/C20H27N3O2S.HI/c1-4-21-20(22-9-7-17-6-5-11-26-17)23-10-8-15-12-18(24-2)19(25-3)13-16(15)14-23;/h5-6,11-13H,4,7-10,14H2,1-3H3,(H,21,22);1H. The van der Waals surface area contributed by atoms with Gasteiger partial charge >= 0.3 is 0 Å². The summed E-state index contributed by atoms with van der Waals surface area (Å²) in [5, 5.41) is 5.56. The number of fused-ring (bicyclic) bond motifs is 1. The van der Waals surface area contributed by atoms with Crippen molar-refractivity contribution in [3.8, 4) is 11.5 Å². The molecule has 1 aromatic carbocycles. The molecule has 0 atom stereocenters. The van der Waals surface area contributed by atoms with Crippen molar-refractivity contribution in [3.05, 3.63) is 45.6 Å². The molecule has 7 heteroatoms. The lowest BCUT2D eigenvalue weighted by molar-refractivity contribution is 0.346. The van der Waals surface area contributed by atoms with Crippen LogP contribution in [0.4, 0.5) is 0 Å². The zero-order valence-corrected chi connectivity index (χ0v) is 19.3. The van der Waals surface area contributed by atoms with Gasteiger partial charge in [-0.25, -0.2) is 0 Å². The quantitative estimate of drug-likeness (QED) is 0.370. The van der Waals surface area contributed by atoms with Crippen molar-refractivity contribution in [2.45, 2.75) is 26.3 Å². The number of halogens is 1. The minimum Gasteiger partial charge on any atom is -0.493 e. The fraction of sp³-hybridized carbons (Fsp3) is 0.450. The van der Waals surface area contributed by atoms with Crippen molar-refractivity contribution >= 4 is 41.3 Å². The van der Waals surface area contributed by atoms with Gasteiger partial charge in [-0.15, -0.1) is 35.3 Å². The Morgan fingerprint density at radius 1 is 1.22 bits per heavy atom. The second kappa shape index (κ2) is 10.8. The number of guanidine groups is 1. The molecule has 0 spiro atoms. The first kappa shape index (κ1) is 21.8. The maximum absolute atomic E-state index is 5.46. The summed E-state index contributed by atoms with van der Waals surface area (Å²) in [6, 6.07) is 8.46. The highest BCUT2D eigenvalue weighted by atomic mass is 127. The van der Waals surface area contributed by atoms with Crippen molar-refractivity contribution in [2.24, 2.45) is 4.99 Å². The first-order valence-electron chi connectivity index (χ1n) is 9.04. The molecule has 0 fully saturated rings. The number of hydrogen-bond donors (Lipinski definition) is 1. The molecule has 0 amide bonds. The topological polar surface area (TPSA) is 46.1 Å². The molecule has 0 bridgehead atoms. The van der Waals surface area contributed by atoms with Gasteiger partial charge in [0.25, 0.3) is 0 Å². The van der Waals surface area contributed by atoms with E-state index < -0.39 is 0 Å².